The van der Waals surface area contributed by atoms with Crippen molar-refractivity contribution in [1.82, 2.24) is 19.8 Å². The van der Waals surface area contributed by atoms with Gasteiger partial charge in [-0.15, -0.1) is 0 Å². The van der Waals surface area contributed by atoms with Crippen LogP contribution in [0.25, 0.3) is 0 Å². The second kappa shape index (κ2) is 12.8. The van der Waals surface area contributed by atoms with Crippen LogP contribution in [0, 0.1) is 0 Å². The first-order valence-electron chi connectivity index (χ1n) is 13.3. The molecule has 2 fully saturated rings. The molecule has 0 radical (unpaired) electrons. The fraction of sp³-hybridized carbons (Fsp3) is 0.571. The molecule has 2 aliphatic rings. The maximum Gasteiger partial charge on any atom is 0.259 e. The fourth-order valence-corrected chi connectivity index (χ4v) is 5.07. The molecule has 36 heavy (non-hydrogen) atoms. The predicted molar refractivity (Wildman–Crippen MR) is 138 cm³/mol. The molecule has 1 aliphatic carbocycles. The van der Waals surface area contributed by atoms with Gasteiger partial charge in [0.1, 0.15) is 11.1 Å². The molecule has 8 heteroatoms. The van der Waals surface area contributed by atoms with Crippen LogP contribution in [-0.4, -0.2) is 58.6 Å². The summed E-state index contributed by atoms with van der Waals surface area (Å²) in [6.07, 6.45) is 15.0. The van der Waals surface area contributed by atoms with E-state index in [1.807, 2.05) is 18.2 Å². The summed E-state index contributed by atoms with van der Waals surface area (Å²) >= 11 is 0. The van der Waals surface area contributed by atoms with E-state index in [1.165, 1.54) is 24.2 Å². The number of amides is 2. The summed E-state index contributed by atoms with van der Waals surface area (Å²) in [5.41, 5.74) is 0.401. The van der Waals surface area contributed by atoms with E-state index in [-0.39, 0.29) is 23.3 Å². The molecule has 1 N–H and O–H groups in total. The van der Waals surface area contributed by atoms with E-state index in [1.54, 1.807) is 30.2 Å². The third-order valence-electron chi connectivity index (χ3n) is 7.21. The molecule has 1 saturated carbocycles. The number of hydrogen-bond donors (Lipinski definition) is 1. The number of ether oxygens (including phenoxy) is 1. The first-order chi connectivity index (χ1) is 17.5. The van der Waals surface area contributed by atoms with Crippen molar-refractivity contribution in [2.75, 3.05) is 20.2 Å². The zero-order valence-corrected chi connectivity index (χ0v) is 21.3. The molecule has 8 nitrogen and oxygen atoms in total. The van der Waals surface area contributed by atoms with Gasteiger partial charge >= 0.3 is 0 Å². The van der Waals surface area contributed by atoms with Crippen molar-refractivity contribution in [2.24, 2.45) is 0 Å². The van der Waals surface area contributed by atoms with Crippen molar-refractivity contribution in [2.45, 2.75) is 82.9 Å². The number of carbonyl (C=O) groups is 2. The maximum absolute atomic E-state index is 13.4. The number of nitrogens with one attached hydrogen (secondary N) is 1. The van der Waals surface area contributed by atoms with Crippen molar-refractivity contribution in [3.05, 3.63) is 63.8 Å². The Balaban J connectivity index is 1.55. The smallest absolute Gasteiger partial charge is 0.259 e. The minimum Gasteiger partial charge on any atom is -0.376 e. The summed E-state index contributed by atoms with van der Waals surface area (Å²) in [7, 11) is 1.68. The van der Waals surface area contributed by atoms with Crippen LogP contribution in [0.1, 0.15) is 84.2 Å². The van der Waals surface area contributed by atoms with Crippen LogP contribution in [0.2, 0.25) is 0 Å². The fourth-order valence-electron chi connectivity index (χ4n) is 5.07. The first-order valence-corrected chi connectivity index (χ1v) is 13.3. The Morgan fingerprint density at radius 1 is 1.06 bits per heavy atom. The normalized spacial score (nSPS) is 18.9. The molecule has 194 valence electrons. The van der Waals surface area contributed by atoms with Crippen LogP contribution < -0.4 is 10.7 Å². The standard InChI is InChI=1S/C28H38N4O4/c1-31(16-14-21-10-7-8-15-29-21)28(35)25-20-32(18-23-13-9-17-36-23)19-24(26(25)33)27(34)30-22-11-5-3-2-4-6-12-22/h7-8,10,15,19-20,22-23H,2-6,9,11-14,16-18H2,1H3,(H,30,34)/t23-/m1/s1. The van der Waals surface area contributed by atoms with Crippen LogP contribution in [0.3, 0.4) is 0 Å². The summed E-state index contributed by atoms with van der Waals surface area (Å²) in [5, 5.41) is 3.09. The predicted octanol–water partition coefficient (Wildman–Crippen LogP) is 3.58. The van der Waals surface area contributed by atoms with Gasteiger partial charge in [0.15, 0.2) is 0 Å². The van der Waals surface area contributed by atoms with E-state index in [2.05, 4.69) is 10.3 Å². The minimum absolute atomic E-state index is 0.0128. The highest BCUT2D eigenvalue weighted by Crippen LogP contribution is 2.18. The lowest BCUT2D eigenvalue weighted by Crippen LogP contribution is -2.40. The number of carbonyl (C=O) groups excluding carboxylic acids is 2. The summed E-state index contributed by atoms with van der Waals surface area (Å²) in [5.74, 6) is -0.782. The van der Waals surface area contributed by atoms with Gasteiger partial charge in [0.25, 0.3) is 11.8 Å². The van der Waals surface area contributed by atoms with Gasteiger partial charge in [-0.25, -0.2) is 0 Å². The Bertz CT molecular complexity index is 1070. The molecule has 4 rings (SSSR count). The van der Waals surface area contributed by atoms with Gasteiger partial charge in [-0.3, -0.25) is 19.4 Å². The van der Waals surface area contributed by atoms with Crippen LogP contribution in [0.5, 0.6) is 0 Å². The van der Waals surface area contributed by atoms with E-state index in [0.717, 1.165) is 44.2 Å². The summed E-state index contributed by atoms with van der Waals surface area (Å²) in [6, 6.07) is 5.73. The molecule has 0 unspecified atom stereocenters. The highest BCUT2D eigenvalue weighted by Gasteiger charge is 2.25. The average molecular weight is 495 g/mol. The molecule has 2 aromatic rings. The minimum atomic E-state index is -0.517. The van der Waals surface area contributed by atoms with Crippen molar-refractivity contribution >= 4 is 11.8 Å². The van der Waals surface area contributed by atoms with E-state index >= 15 is 0 Å². The quantitative estimate of drug-likeness (QED) is 0.606. The Labute approximate surface area is 213 Å². The number of pyridine rings is 2. The lowest BCUT2D eigenvalue weighted by Gasteiger charge is -2.22. The summed E-state index contributed by atoms with van der Waals surface area (Å²) < 4.78 is 7.55. The SMILES string of the molecule is CN(CCc1ccccn1)C(=O)c1cn(C[C@H]2CCCO2)cc(C(=O)NC2CCCCCCC2)c1=O. The maximum atomic E-state index is 13.4. The van der Waals surface area contributed by atoms with Crippen molar-refractivity contribution in [1.29, 1.82) is 0 Å². The molecule has 0 bridgehead atoms. The Kier molecular flexibility index (Phi) is 9.28. The molecular formula is C28H38N4O4. The lowest BCUT2D eigenvalue weighted by atomic mass is 9.96. The second-order valence-corrected chi connectivity index (χ2v) is 10.1. The Morgan fingerprint density at radius 3 is 2.50 bits per heavy atom. The number of likely N-dealkylation sites (N-methyl/N-ethyl adjacent to an activating group) is 1. The Morgan fingerprint density at radius 2 is 1.81 bits per heavy atom. The molecule has 2 aromatic heterocycles. The van der Waals surface area contributed by atoms with Crippen LogP contribution >= 0.6 is 0 Å². The van der Waals surface area contributed by atoms with Gasteiger partial charge in [0.2, 0.25) is 5.43 Å². The van der Waals surface area contributed by atoms with Crippen LogP contribution in [0.4, 0.5) is 0 Å². The van der Waals surface area contributed by atoms with Gasteiger partial charge < -0.3 is 19.5 Å². The summed E-state index contributed by atoms with van der Waals surface area (Å²) in [6.45, 7) is 1.63. The molecule has 0 spiro atoms. The number of rotatable bonds is 8. The number of aromatic nitrogens is 2. The molecule has 1 atom stereocenters. The number of hydrogen-bond acceptors (Lipinski definition) is 5. The molecule has 0 aromatic carbocycles. The highest BCUT2D eigenvalue weighted by atomic mass is 16.5. The Hall–Kier alpha value is -3.00. The van der Waals surface area contributed by atoms with Crippen molar-refractivity contribution < 1.29 is 14.3 Å². The zero-order valence-electron chi connectivity index (χ0n) is 21.3. The van der Waals surface area contributed by atoms with Gasteiger partial charge in [-0.05, 0) is 37.8 Å². The van der Waals surface area contributed by atoms with Gasteiger partial charge in [-0.1, -0.05) is 38.2 Å². The van der Waals surface area contributed by atoms with Gasteiger partial charge in [0.05, 0.1) is 6.10 Å². The zero-order chi connectivity index (χ0) is 25.3. The summed E-state index contributed by atoms with van der Waals surface area (Å²) in [4.78, 5) is 45.9. The molecule has 1 saturated heterocycles. The van der Waals surface area contributed by atoms with E-state index < -0.39 is 17.2 Å². The van der Waals surface area contributed by atoms with E-state index in [9.17, 15) is 14.4 Å². The van der Waals surface area contributed by atoms with Crippen LogP contribution in [0.15, 0.2) is 41.6 Å². The molecule has 3 heterocycles. The van der Waals surface area contributed by atoms with E-state index in [4.69, 9.17) is 4.74 Å². The molecule has 2 amide bonds. The monoisotopic (exact) mass is 494 g/mol. The topological polar surface area (TPSA) is 93.5 Å². The van der Waals surface area contributed by atoms with Crippen molar-refractivity contribution in [3.63, 3.8) is 0 Å². The van der Waals surface area contributed by atoms with Crippen molar-refractivity contribution in [3.8, 4) is 0 Å². The molecular weight excluding hydrogens is 456 g/mol. The van der Waals surface area contributed by atoms with Gasteiger partial charge in [-0.2, -0.15) is 0 Å². The number of nitrogens with zero attached hydrogens (tertiary/aromatic N) is 3. The third kappa shape index (κ3) is 7.03. The lowest BCUT2D eigenvalue weighted by molar-refractivity contribution is 0.0790. The largest absolute Gasteiger partial charge is 0.376 e. The highest BCUT2D eigenvalue weighted by molar-refractivity contribution is 5.99. The van der Waals surface area contributed by atoms with Gasteiger partial charge in [0, 0.05) is 63.5 Å². The molecule has 1 aliphatic heterocycles. The third-order valence-corrected chi connectivity index (χ3v) is 7.21. The van der Waals surface area contributed by atoms with E-state index in [0.29, 0.717) is 26.1 Å². The van der Waals surface area contributed by atoms with Crippen LogP contribution in [-0.2, 0) is 17.7 Å². The second-order valence-electron chi connectivity index (χ2n) is 10.1. The first kappa shape index (κ1) is 26.1. The average Bonchev–Trinajstić information content (AvgIpc) is 3.38.